The van der Waals surface area contributed by atoms with Crippen LogP contribution in [0.1, 0.15) is 76.1 Å². The molecule has 0 bridgehead atoms. The summed E-state index contributed by atoms with van der Waals surface area (Å²) in [7, 11) is 0. The number of nitrogens with zero attached hydrogens (tertiary/aromatic N) is 3. The van der Waals surface area contributed by atoms with Crippen LogP contribution < -0.4 is 10.6 Å². The molecule has 3 aliphatic rings. The lowest BCUT2D eigenvalue weighted by Gasteiger charge is -2.29. The number of hydrogen-bond acceptors (Lipinski definition) is 5. The third-order valence-corrected chi connectivity index (χ3v) is 6.50. The highest BCUT2D eigenvalue weighted by atomic mass is 32.2. The Bertz CT molecular complexity index is 683. The predicted molar refractivity (Wildman–Crippen MR) is 99.1 cm³/mol. The summed E-state index contributed by atoms with van der Waals surface area (Å²) >= 11 is 1.38. The molecule has 0 saturated heterocycles. The molecule has 2 atom stereocenters. The summed E-state index contributed by atoms with van der Waals surface area (Å²) in [5, 5.41) is 14.9. The molecule has 0 aliphatic heterocycles. The van der Waals surface area contributed by atoms with Crippen molar-refractivity contribution < 1.29 is 9.59 Å². The van der Waals surface area contributed by atoms with E-state index in [0.29, 0.717) is 17.9 Å². The van der Waals surface area contributed by atoms with Crippen LogP contribution in [0.25, 0.3) is 0 Å². The molecular weight excluding hydrogens is 350 g/mol. The van der Waals surface area contributed by atoms with E-state index in [-0.39, 0.29) is 23.7 Å². The van der Waals surface area contributed by atoms with Crippen LogP contribution >= 0.6 is 11.8 Å². The fourth-order valence-electron chi connectivity index (χ4n) is 3.71. The zero-order valence-corrected chi connectivity index (χ0v) is 16.1. The monoisotopic (exact) mass is 377 g/mol. The predicted octanol–water partition coefficient (Wildman–Crippen LogP) is 2.99. The molecule has 1 aromatic heterocycles. The average molecular weight is 378 g/mol. The maximum absolute atomic E-state index is 12.1. The number of aromatic nitrogens is 3. The lowest BCUT2D eigenvalue weighted by Crippen LogP contribution is -2.48. The van der Waals surface area contributed by atoms with Gasteiger partial charge in [-0.05, 0) is 44.4 Å². The Hall–Kier alpha value is -1.57. The van der Waals surface area contributed by atoms with Gasteiger partial charge in [-0.3, -0.25) is 10.1 Å². The number of carbonyl (C=O) groups excluding carboxylic acids is 2. The summed E-state index contributed by atoms with van der Waals surface area (Å²) in [5.74, 6) is 2.00. The molecule has 4 rings (SSSR count). The van der Waals surface area contributed by atoms with Gasteiger partial charge in [0.2, 0.25) is 5.91 Å². The highest BCUT2D eigenvalue weighted by Crippen LogP contribution is 2.45. The van der Waals surface area contributed by atoms with E-state index in [0.717, 1.165) is 30.2 Å². The second kappa shape index (κ2) is 7.58. The number of thioether (sulfide) groups is 1. The van der Waals surface area contributed by atoms with E-state index >= 15 is 0 Å². The van der Waals surface area contributed by atoms with Crippen molar-refractivity contribution in [3.05, 3.63) is 5.82 Å². The molecule has 7 nitrogen and oxygen atoms in total. The van der Waals surface area contributed by atoms with Crippen LogP contribution in [0, 0.1) is 5.92 Å². The largest absolute Gasteiger partial charge is 0.335 e. The highest BCUT2D eigenvalue weighted by molar-refractivity contribution is 7.99. The van der Waals surface area contributed by atoms with E-state index in [1.165, 1.54) is 43.9 Å². The van der Waals surface area contributed by atoms with Crippen LogP contribution in [-0.2, 0) is 4.79 Å². The Morgan fingerprint density at radius 1 is 1.12 bits per heavy atom. The maximum atomic E-state index is 12.1. The minimum atomic E-state index is -0.378. The highest BCUT2D eigenvalue weighted by Gasteiger charge is 2.36. The fourth-order valence-corrected chi connectivity index (χ4v) is 4.52. The minimum Gasteiger partial charge on any atom is -0.335 e. The number of urea groups is 1. The summed E-state index contributed by atoms with van der Waals surface area (Å²) in [6.07, 6.45) is 9.20. The number of amides is 3. The summed E-state index contributed by atoms with van der Waals surface area (Å²) < 4.78 is 2.22. The topological polar surface area (TPSA) is 88.9 Å². The first-order chi connectivity index (χ1) is 12.6. The molecule has 3 aliphatic carbocycles. The molecule has 0 aromatic carbocycles. The molecule has 0 spiro atoms. The standard InChI is InChI=1S/C18H27N5O2S/c1-11-4-2-3-5-14(11)19-17(25)20-15(24)10-26-18-22-21-16(12-6-7-12)23(18)13-8-9-13/h11-14H,2-10H2,1H3,(H2,19,20,24,25)/t11-,14+/m1/s1. The summed E-state index contributed by atoms with van der Waals surface area (Å²) in [6, 6.07) is 0.294. The zero-order valence-electron chi connectivity index (χ0n) is 15.2. The van der Waals surface area contributed by atoms with Gasteiger partial charge >= 0.3 is 6.03 Å². The molecule has 2 N–H and O–H groups in total. The van der Waals surface area contributed by atoms with Crippen molar-refractivity contribution >= 4 is 23.7 Å². The van der Waals surface area contributed by atoms with E-state index in [4.69, 9.17) is 0 Å². The molecule has 3 saturated carbocycles. The molecule has 3 amide bonds. The number of hydrogen-bond donors (Lipinski definition) is 2. The van der Waals surface area contributed by atoms with Gasteiger partial charge in [-0.1, -0.05) is 31.5 Å². The van der Waals surface area contributed by atoms with Gasteiger partial charge in [0, 0.05) is 18.0 Å². The van der Waals surface area contributed by atoms with Gasteiger partial charge in [0.25, 0.3) is 0 Å². The second-order valence-corrected chi connectivity index (χ2v) is 8.84. The van der Waals surface area contributed by atoms with Crippen molar-refractivity contribution in [1.29, 1.82) is 0 Å². The van der Waals surface area contributed by atoms with Crippen molar-refractivity contribution in [2.24, 2.45) is 5.92 Å². The van der Waals surface area contributed by atoms with Gasteiger partial charge in [0.05, 0.1) is 5.75 Å². The average Bonchev–Trinajstić information content (AvgIpc) is 3.54. The Kier molecular flexibility index (Phi) is 5.20. The fraction of sp³-hybridized carbons (Fsp3) is 0.778. The first-order valence-corrected chi connectivity index (χ1v) is 10.8. The van der Waals surface area contributed by atoms with Gasteiger partial charge in [-0.15, -0.1) is 10.2 Å². The number of imide groups is 1. The van der Waals surface area contributed by atoms with E-state index in [9.17, 15) is 9.59 Å². The number of rotatable bonds is 6. The van der Waals surface area contributed by atoms with Crippen LogP contribution in [0.2, 0.25) is 0 Å². The van der Waals surface area contributed by atoms with E-state index in [2.05, 4.69) is 32.3 Å². The molecule has 1 aromatic rings. The second-order valence-electron chi connectivity index (χ2n) is 7.89. The molecule has 142 valence electrons. The van der Waals surface area contributed by atoms with Crippen molar-refractivity contribution in [1.82, 2.24) is 25.4 Å². The van der Waals surface area contributed by atoms with Crippen LogP contribution in [0.4, 0.5) is 4.79 Å². The van der Waals surface area contributed by atoms with Crippen LogP contribution in [0.5, 0.6) is 0 Å². The summed E-state index contributed by atoms with van der Waals surface area (Å²) in [6.45, 7) is 2.16. The van der Waals surface area contributed by atoms with Crippen molar-refractivity contribution in [2.45, 2.75) is 81.4 Å². The molecule has 26 heavy (non-hydrogen) atoms. The third kappa shape index (κ3) is 4.22. The molecule has 0 radical (unpaired) electrons. The quantitative estimate of drug-likeness (QED) is 0.744. The van der Waals surface area contributed by atoms with Gasteiger partial charge < -0.3 is 9.88 Å². The molecule has 1 heterocycles. The molecular formula is C18H27N5O2S. The van der Waals surface area contributed by atoms with Gasteiger partial charge in [0.15, 0.2) is 5.16 Å². The lowest BCUT2D eigenvalue weighted by atomic mass is 9.86. The SMILES string of the molecule is C[C@@H]1CCCC[C@@H]1NC(=O)NC(=O)CSc1nnc(C2CC2)n1C1CC1. The van der Waals surface area contributed by atoms with Crippen molar-refractivity contribution in [3.8, 4) is 0 Å². The van der Waals surface area contributed by atoms with E-state index in [1.807, 2.05) is 0 Å². The Balaban J connectivity index is 1.27. The zero-order chi connectivity index (χ0) is 18.1. The molecule has 8 heteroatoms. The van der Waals surface area contributed by atoms with Gasteiger partial charge in [-0.25, -0.2) is 4.79 Å². The summed E-state index contributed by atoms with van der Waals surface area (Å²) in [5.41, 5.74) is 0. The van der Waals surface area contributed by atoms with Crippen LogP contribution in [0.3, 0.4) is 0 Å². The minimum absolute atomic E-state index is 0.170. The van der Waals surface area contributed by atoms with E-state index in [1.54, 1.807) is 0 Å². The van der Waals surface area contributed by atoms with Crippen molar-refractivity contribution in [3.63, 3.8) is 0 Å². The lowest BCUT2D eigenvalue weighted by molar-refractivity contribution is -0.117. The maximum Gasteiger partial charge on any atom is 0.321 e. The Morgan fingerprint density at radius 2 is 1.88 bits per heavy atom. The molecule has 0 unspecified atom stereocenters. The normalized spacial score (nSPS) is 25.7. The van der Waals surface area contributed by atoms with Gasteiger partial charge in [0.1, 0.15) is 5.82 Å². The van der Waals surface area contributed by atoms with Crippen LogP contribution in [0.15, 0.2) is 5.16 Å². The summed E-state index contributed by atoms with van der Waals surface area (Å²) in [4.78, 5) is 24.2. The van der Waals surface area contributed by atoms with Gasteiger partial charge in [-0.2, -0.15) is 0 Å². The first-order valence-electron chi connectivity index (χ1n) is 9.79. The third-order valence-electron chi connectivity index (χ3n) is 5.56. The number of nitrogens with one attached hydrogen (secondary N) is 2. The number of carbonyl (C=O) groups is 2. The van der Waals surface area contributed by atoms with E-state index < -0.39 is 0 Å². The van der Waals surface area contributed by atoms with Crippen LogP contribution in [-0.4, -0.2) is 38.5 Å². The van der Waals surface area contributed by atoms with Crippen molar-refractivity contribution in [2.75, 3.05) is 5.75 Å². The Morgan fingerprint density at radius 3 is 2.58 bits per heavy atom. The smallest absolute Gasteiger partial charge is 0.321 e. The Labute approximate surface area is 158 Å². The molecule has 3 fully saturated rings. The first kappa shape index (κ1) is 17.8.